The zero-order valence-corrected chi connectivity index (χ0v) is 63.8. The van der Waals surface area contributed by atoms with Crippen molar-refractivity contribution in [2.45, 2.75) is 408 Å². The van der Waals surface area contributed by atoms with Gasteiger partial charge in [0.05, 0.1) is 0 Å². The summed E-state index contributed by atoms with van der Waals surface area (Å²) in [4.78, 5) is 3.26. The van der Waals surface area contributed by atoms with Gasteiger partial charge in [0.2, 0.25) is 0 Å². The molecule has 0 saturated heterocycles. The molecule has 97 heavy (non-hydrogen) atoms. The zero-order chi connectivity index (χ0) is 68.7. The second kappa shape index (κ2) is 49.8. The van der Waals surface area contributed by atoms with E-state index in [1.807, 2.05) is 48.5 Å². The lowest BCUT2D eigenvalue weighted by Crippen LogP contribution is -2.21. The normalized spacial score (nSPS) is 12.2. The Kier molecular flexibility index (Phi) is 41.7. The van der Waals surface area contributed by atoms with Crippen molar-refractivity contribution in [3.8, 4) is 22.9 Å². The number of aryl methyl sites for hydroxylation is 2. The number of fused-ring (bicyclic) bond motifs is 2. The van der Waals surface area contributed by atoms with E-state index in [9.17, 15) is 10.2 Å². The molecule has 4 aromatic carbocycles. The van der Waals surface area contributed by atoms with Crippen molar-refractivity contribution in [1.82, 2.24) is 30.0 Å². The minimum Gasteiger partial charge on any atom is -0.505 e. The third-order valence-corrected chi connectivity index (χ3v) is 22.6. The SMILES string of the molecule is CCCCCCCCC(CCCCCCCC)(CCCCCCCC)CCCCCCCc1cc(Cc2cc(CCCCCCCC(CCCCCCCC)(CCCCCCCC)CCCCCCCC)cc(-n3nc4ccccc4n3)c2O)c(O)c(-n2nc3ccccc3n2)c1. The van der Waals surface area contributed by atoms with Gasteiger partial charge in [-0.25, -0.2) is 0 Å². The Hall–Kier alpha value is -4.72. The summed E-state index contributed by atoms with van der Waals surface area (Å²) >= 11 is 0. The van der Waals surface area contributed by atoms with Crippen molar-refractivity contribution < 1.29 is 10.2 Å². The van der Waals surface area contributed by atoms with E-state index in [1.54, 1.807) is 9.59 Å². The summed E-state index contributed by atoms with van der Waals surface area (Å²) in [6.07, 6.45) is 76.1. The fourth-order valence-corrected chi connectivity index (χ4v) is 16.4. The number of phenolic OH excluding ortho intramolecular Hbond substituents is 2. The lowest BCUT2D eigenvalue weighted by molar-refractivity contribution is 0.171. The standard InChI is InChI=1S/C89H146N6O2/c1-7-13-19-25-35-49-63-88(64-50-36-26-20-14-8-2,65-51-37-27-21-15-9-3)69-55-41-31-33-43-57-76-71-78(86(96)84(73-76)94-90-80-59-45-46-60-81(80)91-94)75-79-72-77(74-85(87(79)97)95-92-82-61-47-48-62-83(82)93-95)58-44-34-32-42-56-70-89(66-52-38-28-22-16-10-4,67-53-39-29-23-17-11-5)68-54-40-30-24-18-12-6/h45-48,59-62,71-74,96-97H,7-44,49-58,63-70,75H2,1-6H3. The molecular formula is C89H146N6O2. The van der Waals surface area contributed by atoms with E-state index in [0.717, 1.165) is 58.9 Å². The van der Waals surface area contributed by atoms with Gasteiger partial charge in [0.25, 0.3) is 0 Å². The molecule has 0 aliphatic carbocycles. The summed E-state index contributed by atoms with van der Waals surface area (Å²) in [6, 6.07) is 24.5. The van der Waals surface area contributed by atoms with Gasteiger partial charge < -0.3 is 10.2 Å². The number of nitrogens with zero attached hydrogens (tertiary/aromatic N) is 6. The van der Waals surface area contributed by atoms with Crippen LogP contribution in [0.2, 0.25) is 0 Å². The lowest BCUT2D eigenvalue weighted by Gasteiger charge is -2.35. The quantitative estimate of drug-likeness (QED) is 0.0369. The summed E-state index contributed by atoms with van der Waals surface area (Å²) in [7, 11) is 0. The van der Waals surface area contributed by atoms with Gasteiger partial charge >= 0.3 is 0 Å². The van der Waals surface area contributed by atoms with E-state index in [2.05, 4.69) is 65.8 Å². The van der Waals surface area contributed by atoms with E-state index in [0.29, 0.717) is 28.6 Å². The molecule has 0 unspecified atom stereocenters. The molecule has 0 aliphatic heterocycles. The first kappa shape index (κ1) is 81.2. The Morgan fingerprint density at radius 2 is 0.474 bits per heavy atom. The molecule has 6 aromatic rings. The van der Waals surface area contributed by atoms with Crippen molar-refractivity contribution >= 4 is 22.1 Å². The Labute approximate surface area is 595 Å². The first-order valence-corrected chi connectivity index (χ1v) is 42.0. The number of aromatic nitrogens is 6. The molecule has 544 valence electrons. The highest BCUT2D eigenvalue weighted by molar-refractivity contribution is 5.75. The summed E-state index contributed by atoms with van der Waals surface area (Å²) in [5, 5.41) is 44.6. The molecule has 0 bridgehead atoms. The van der Waals surface area contributed by atoms with E-state index < -0.39 is 0 Å². The minimum absolute atomic E-state index is 0.152. The van der Waals surface area contributed by atoms with Crippen LogP contribution in [-0.2, 0) is 19.3 Å². The van der Waals surface area contributed by atoms with Gasteiger partial charge in [-0.2, -0.15) is 0 Å². The Morgan fingerprint density at radius 3 is 0.701 bits per heavy atom. The molecule has 0 spiro atoms. The highest BCUT2D eigenvalue weighted by atomic mass is 16.3. The predicted octanol–water partition coefficient (Wildman–Crippen LogP) is 28.4. The summed E-state index contributed by atoms with van der Waals surface area (Å²) in [5.41, 5.74) is 9.24. The first-order valence-electron chi connectivity index (χ1n) is 42.0. The van der Waals surface area contributed by atoms with Crippen LogP contribution in [-0.4, -0.2) is 40.2 Å². The number of unbranched alkanes of at least 4 members (excludes halogenated alkanes) is 38. The van der Waals surface area contributed by atoms with E-state index >= 15 is 0 Å². The molecule has 0 fully saturated rings. The van der Waals surface area contributed by atoms with Crippen molar-refractivity contribution in [2.24, 2.45) is 10.8 Å². The number of benzene rings is 4. The van der Waals surface area contributed by atoms with E-state index in [4.69, 9.17) is 20.4 Å². The molecule has 8 nitrogen and oxygen atoms in total. The second-order valence-electron chi connectivity index (χ2n) is 31.0. The number of rotatable bonds is 62. The van der Waals surface area contributed by atoms with Crippen LogP contribution in [0.3, 0.4) is 0 Å². The van der Waals surface area contributed by atoms with Crippen molar-refractivity contribution in [3.05, 3.63) is 95.1 Å². The maximum absolute atomic E-state index is 12.5. The first-order chi connectivity index (χ1) is 47.7. The average Bonchev–Trinajstić information content (AvgIpc) is 1.70. The van der Waals surface area contributed by atoms with Crippen LogP contribution in [0.1, 0.15) is 411 Å². The summed E-state index contributed by atoms with van der Waals surface area (Å²) in [6.45, 7) is 14.0. The van der Waals surface area contributed by atoms with Gasteiger partial charge in [-0.3, -0.25) is 0 Å². The molecule has 0 amide bonds. The topological polar surface area (TPSA) is 102 Å². The van der Waals surface area contributed by atoms with Crippen LogP contribution in [0.25, 0.3) is 33.4 Å². The zero-order valence-electron chi connectivity index (χ0n) is 63.8. The minimum atomic E-state index is 0.152. The number of hydrogen-bond donors (Lipinski definition) is 2. The van der Waals surface area contributed by atoms with E-state index in [1.165, 1.54) is 345 Å². The third-order valence-electron chi connectivity index (χ3n) is 22.6. The lowest BCUT2D eigenvalue weighted by atomic mass is 9.70. The molecule has 6 rings (SSSR count). The Morgan fingerprint density at radius 1 is 0.268 bits per heavy atom. The van der Waals surface area contributed by atoms with E-state index in [-0.39, 0.29) is 11.5 Å². The maximum Gasteiger partial charge on any atom is 0.146 e. The van der Waals surface area contributed by atoms with Gasteiger partial charge in [-0.1, -0.05) is 360 Å². The molecular weight excluding hydrogens is 1190 g/mol. The van der Waals surface area contributed by atoms with Gasteiger partial charge in [0, 0.05) is 17.5 Å². The summed E-state index contributed by atoms with van der Waals surface area (Å²) < 4.78 is 0. The van der Waals surface area contributed by atoms with Crippen LogP contribution in [0.15, 0.2) is 72.8 Å². The molecule has 0 radical (unpaired) electrons. The molecule has 0 saturated carbocycles. The van der Waals surface area contributed by atoms with Crippen molar-refractivity contribution in [1.29, 1.82) is 0 Å². The molecule has 2 N–H and O–H groups in total. The van der Waals surface area contributed by atoms with Gasteiger partial charge in [-0.05, 0) is 135 Å². The molecule has 2 aromatic heterocycles. The Balaban J connectivity index is 1.16. The summed E-state index contributed by atoms with van der Waals surface area (Å²) in [5.74, 6) is 0.305. The maximum atomic E-state index is 12.5. The fourth-order valence-electron chi connectivity index (χ4n) is 16.4. The van der Waals surface area contributed by atoms with Crippen LogP contribution < -0.4 is 0 Å². The van der Waals surface area contributed by atoms with Crippen LogP contribution in [0, 0.1) is 10.8 Å². The smallest absolute Gasteiger partial charge is 0.146 e. The number of phenols is 2. The number of hydrogen-bond acceptors (Lipinski definition) is 6. The van der Waals surface area contributed by atoms with Crippen molar-refractivity contribution in [3.63, 3.8) is 0 Å². The third kappa shape index (κ3) is 31.0. The Bertz CT molecular complexity index is 2590. The van der Waals surface area contributed by atoms with Crippen LogP contribution >= 0.6 is 0 Å². The second-order valence-corrected chi connectivity index (χ2v) is 31.0. The fraction of sp³-hybridized carbons (Fsp3) is 0.730. The van der Waals surface area contributed by atoms with Crippen molar-refractivity contribution in [2.75, 3.05) is 0 Å². The molecule has 0 aliphatic rings. The molecule has 2 heterocycles. The van der Waals surface area contributed by atoms with Crippen LogP contribution in [0.5, 0.6) is 11.5 Å². The van der Waals surface area contributed by atoms with Crippen LogP contribution in [0.4, 0.5) is 0 Å². The largest absolute Gasteiger partial charge is 0.505 e. The highest BCUT2D eigenvalue weighted by Crippen LogP contribution is 2.45. The van der Waals surface area contributed by atoms with Gasteiger partial charge in [-0.15, -0.1) is 30.0 Å². The molecule has 8 heteroatoms. The molecule has 0 atom stereocenters. The number of aromatic hydroxyl groups is 2. The highest BCUT2D eigenvalue weighted by Gasteiger charge is 2.30. The van der Waals surface area contributed by atoms with Gasteiger partial charge in [0.15, 0.2) is 0 Å². The average molecular weight is 1330 g/mol. The predicted molar refractivity (Wildman–Crippen MR) is 420 cm³/mol. The van der Waals surface area contributed by atoms with Gasteiger partial charge in [0.1, 0.15) is 44.9 Å². The monoisotopic (exact) mass is 1330 g/mol.